The van der Waals surface area contributed by atoms with Crippen molar-refractivity contribution < 1.29 is 13.9 Å². The van der Waals surface area contributed by atoms with Gasteiger partial charge < -0.3 is 19.7 Å². The zero-order valence-corrected chi connectivity index (χ0v) is 16.0. The van der Waals surface area contributed by atoms with Crippen LogP contribution < -0.4 is 19.7 Å². The molecule has 3 heterocycles. The average molecular weight is 394 g/mol. The van der Waals surface area contributed by atoms with Crippen molar-refractivity contribution >= 4 is 5.69 Å². The van der Waals surface area contributed by atoms with E-state index in [2.05, 4.69) is 20.4 Å². The summed E-state index contributed by atoms with van der Waals surface area (Å²) in [6.45, 7) is 2.68. The maximum atomic E-state index is 14.0. The van der Waals surface area contributed by atoms with Crippen molar-refractivity contribution in [2.45, 2.75) is 25.4 Å². The quantitative estimate of drug-likeness (QED) is 0.691. The van der Waals surface area contributed by atoms with Crippen LogP contribution in [0.2, 0.25) is 0 Å². The monoisotopic (exact) mass is 394 g/mol. The van der Waals surface area contributed by atoms with Gasteiger partial charge in [0.05, 0.1) is 17.6 Å². The third kappa shape index (κ3) is 3.65. The summed E-state index contributed by atoms with van der Waals surface area (Å²) in [6.07, 6.45) is 3.82. The number of para-hydroxylation sites is 1. The van der Waals surface area contributed by atoms with Gasteiger partial charge in [0.2, 0.25) is 6.79 Å². The Kier molecular flexibility index (Phi) is 4.81. The third-order valence-corrected chi connectivity index (χ3v) is 5.65. The molecule has 2 aliphatic heterocycles. The summed E-state index contributed by atoms with van der Waals surface area (Å²) in [4.78, 5) is 2.13. The molecule has 2 N–H and O–H groups in total. The molecule has 0 bridgehead atoms. The normalized spacial score (nSPS) is 16.4. The number of anilines is 1. The van der Waals surface area contributed by atoms with Gasteiger partial charge in [-0.25, -0.2) is 4.39 Å². The van der Waals surface area contributed by atoms with Gasteiger partial charge in [0, 0.05) is 36.8 Å². The van der Waals surface area contributed by atoms with E-state index >= 15 is 0 Å². The van der Waals surface area contributed by atoms with E-state index in [9.17, 15) is 4.39 Å². The SMILES string of the molecule is Fc1ccccc1N1CCC(NCc2cn[nH]c2-c2ccc3c(c2)OCO3)CC1. The Morgan fingerprint density at radius 3 is 2.79 bits per heavy atom. The molecule has 0 atom stereocenters. The van der Waals surface area contributed by atoms with E-state index in [1.165, 1.54) is 6.07 Å². The van der Waals surface area contributed by atoms with Crippen LogP contribution in [-0.4, -0.2) is 36.1 Å². The van der Waals surface area contributed by atoms with Crippen LogP contribution in [0.4, 0.5) is 10.1 Å². The first-order valence-corrected chi connectivity index (χ1v) is 9.93. The minimum Gasteiger partial charge on any atom is -0.454 e. The number of nitrogens with one attached hydrogen (secondary N) is 2. The molecular weight excluding hydrogens is 371 g/mol. The molecule has 150 valence electrons. The highest BCUT2D eigenvalue weighted by Crippen LogP contribution is 2.36. The first-order chi connectivity index (χ1) is 14.3. The molecule has 1 saturated heterocycles. The van der Waals surface area contributed by atoms with E-state index in [-0.39, 0.29) is 12.6 Å². The molecule has 0 spiro atoms. The smallest absolute Gasteiger partial charge is 0.231 e. The zero-order valence-electron chi connectivity index (χ0n) is 16.0. The summed E-state index contributed by atoms with van der Waals surface area (Å²) in [5.41, 5.74) is 3.82. The minimum atomic E-state index is -0.148. The van der Waals surface area contributed by atoms with Crippen molar-refractivity contribution in [3.63, 3.8) is 0 Å². The topological polar surface area (TPSA) is 62.4 Å². The molecule has 2 aromatic carbocycles. The second-order valence-electron chi connectivity index (χ2n) is 7.43. The van der Waals surface area contributed by atoms with Crippen LogP contribution in [-0.2, 0) is 6.54 Å². The van der Waals surface area contributed by atoms with E-state index in [0.29, 0.717) is 11.7 Å². The van der Waals surface area contributed by atoms with Crippen LogP contribution in [0.3, 0.4) is 0 Å². The largest absolute Gasteiger partial charge is 0.454 e. The Hall–Kier alpha value is -3.06. The minimum absolute atomic E-state index is 0.148. The van der Waals surface area contributed by atoms with Gasteiger partial charge in [0.15, 0.2) is 11.5 Å². The molecule has 3 aromatic rings. The molecule has 0 saturated carbocycles. The maximum Gasteiger partial charge on any atom is 0.231 e. The lowest BCUT2D eigenvalue weighted by atomic mass is 10.0. The number of benzene rings is 2. The molecule has 1 aromatic heterocycles. The molecule has 6 nitrogen and oxygen atoms in total. The standard InChI is InChI=1S/C22H23FN4O2/c23-18-3-1-2-4-19(18)27-9-7-17(8-10-27)24-12-16-13-25-26-22(16)15-5-6-20-21(11-15)29-14-28-20/h1-6,11,13,17,24H,7-10,12,14H2,(H,25,26). The summed E-state index contributed by atoms with van der Waals surface area (Å²) >= 11 is 0. The molecule has 0 aliphatic carbocycles. The van der Waals surface area contributed by atoms with Crippen LogP contribution in [0.15, 0.2) is 48.7 Å². The highest BCUT2D eigenvalue weighted by atomic mass is 19.1. The highest BCUT2D eigenvalue weighted by molar-refractivity contribution is 5.67. The number of nitrogens with zero attached hydrogens (tertiary/aromatic N) is 2. The van der Waals surface area contributed by atoms with Gasteiger partial charge in [-0.2, -0.15) is 5.10 Å². The van der Waals surface area contributed by atoms with Gasteiger partial charge in [-0.1, -0.05) is 12.1 Å². The lowest BCUT2D eigenvalue weighted by Crippen LogP contribution is -2.42. The number of H-pyrrole nitrogens is 1. The Balaban J connectivity index is 1.20. The summed E-state index contributed by atoms with van der Waals surface area (Å²) in [7, 11) is 0. The van der Waals surface area contributed by atoms with E-state index in [0.717, 1.165) is 60.8 Å². The Morgan fingerprint density at radius 2 is 1.93 bits per heavy atom. The third-order valence-electron chi connectivity index (χ3n) is 5.65. The van der Waals surface area contributed by atoms with Crippen molar-refractivity contribution in [3.05, 3.63) is 60.0 Å². The molecule has 0 radical (unpaired) electrons. The van der Waals surface area contributed by atoms with Crippen molar-refractivity contribution in [1.82, 2.24) is 15.5 Å². The summed E-state index contributed by atoms with van der Waals surface area (Å²) in [5.74, 6) is 1.39. The highest BCUT2D eigenvalue weighted by Gasteiger charge is 2.22. The van der Waals surface area contributed by atoms with Crippen LogP contribution in [0.5, 0.6) is 11.5 Å². The number of hydrogen-bond donors (Lipinski definition) is 2. The summed E-state index contributed by atoms with van der Waals surface area (Å²) in [5, 5.41) is 11.0. The predicted octanol–water partition coefficient (Wildman–Crippen LogP) is 3.70. The first-order valence-electron chi connectivity index (χ1n) is 9.93. The Morgan fingerprint density at radius 1 is 1.10 bits per heavy atom. The van der Waals surface area contributed by atoms with Crippen molar-refractivity contribution in [2.75, 3.05) is 24.8 Å². The molecule has 0 amide bonds. The summed E-state index contributed by atoms with van der Waals surface area (Å²) in [6, 6.07) is 13.3. The van der Waals surface area contributed by atoms with Crippen molar-refractivity contribution in [3.8, 4) is 22.8 Å². The van der Waals surface area contributed by atoms with Crippen LogP contribution in [0.25, 0.3) is 11.3 Å². The van der Waals surface area contributed by atoms with Gasteiger partial charge in [0.1, 0.15) is 5.82 Å². The number of ether oxygens (including phenoxy) is 2. The van der Waals surface area contributed by atoms with Gasteiger partial charge in [0.25, 0.3) is 0 Å². The second kappa shape index (κ2) is 7.75. The van der Waals surface area contributed by atoms with E-state index < -0.39 is 0 Å². The number of halogens is 1. The fraction of sp³-hybridized carbons (Fsp3) is 0.318. The lowest BCUT2D eigenvalue weighted by molar-refractivity contribution is 0.174. The van der Waals surface area contributed by atoms with Crippen molar-refractivity contribution in [1.29, 1.82) is 0 Å². The van der Waals surface area contributed by atoms with E-state index in [1.807, 2.05) is 36.5 Å². The van der Waals surface area contributed by atoms with Crippen LogP contribution in [0, 0.1) is 5.82 Å². The van der Waals surface area contributed by atoms with Gasteiger partial charge in [-0.15, -0.1) is 0 Å². The van der Waals surface area contributed by atoms with Gasteiger partial charge >= 0.3 is 0 Å². The number of aromatic nitrogens is 2. The molecule has 1 fully saturated rings. The number of rotatable bonds is 5. The molecule has 7 heteroatoms. The molecule has 0 unspecified atom stereocenters. The molecule has 29 heavy (non-hydrogen) atoms. The molecule has 2 aliphatic rings. The average Bonchev–Trinajstić information content (AvgIpc) is 3.42. The fourth-order valence-electron chi connectivity index (χ4n) is 4.03. The fourth-order valence-corrected chi connectivity index (χ4v) is 4.03. The Labute approximate surface area is 168 Å². The van der Waals surface area contributed by atoms with E-state index in [4.69, 9.17) is 9.47 Å². The number of aromatic amines is 1. The summed E-state index contributed by atoms with van der Waals surface area (Å²) < 4.78 is 24.9. The molecular formula is C22H23FN4O2. The van der Waals surface area contributed by atoms with E-state index in [1.54, 1.807) is 6.07 Å². The van der Waals surface area contributed by atoms with Gasteiger partial charge in [-0.05, 0) is 43.2 Å². The van der Waals surface area contributed by atoms with Crippen molar-refractivity contribution in [2.24, 2.45) is 0 Å². The molecule has 5 rings (SSSR count). The Bertz CT molecular complexity index is 998. The second-order valence-corrected chi connectivity index (χ2v) is 7.43. The maximum absolute atomic E-state index is 14.0. The number of fused-ring (bicyclic) bond motifs is 1. The predicted molar refractivity (Wildman–Crippen MR) is 109 cm³/mol. The van der Waals surface area contributed by atoms with Crippen LogP contribution in [0.1, 0.15) is 18.4 Å². The zero-order chi connectivity index (χ0) is 19.6. The first kappa shape index (κ1) is 18.0. The van der Waals surface area contributed by atoms with Crippen LogP contribution >= 0.6 is 0 Å². The van der Waals surface area contributed by atoms with Gasteiger partial charge in [-0.3, -0.25) is 5.10 Å². The number of piperidine rings is 1. The number of hydrogen-bond acceptors (Lipinski definition) is 5. The lowest BCUT2D eigenvalue weighted by Gasteiger charge is -2.34.